The molecule has 2 aromatic carbocycles. The zero-order valence-electron chi connectivity index (χ0n) is 12.1. The van der Waals surface area contributed by atoms with Gasteiger partial charge < -0.3 is 5.11 Å². The summed E-state index contributed by atoms with van der Waals surface area (Å²) in [7, 11) is 0. The molecule has 0 heterocycles. The normalized spacial score (nSPS) is 15.3. The van der Waals surface area contributed by atoms with Crippen LogP contribution in [0, 0.1) is 0 Å². The smallest absolute Gasteiger partial charge is 0.0465 e. The maximum atomic E-state index is 8.85. The Morgan fingerprint density at radius 1 is 1.00 bits per heavy atom. The number of rotatable bonds is 3. The highest BCUT2D eigenvalue weighted by Crippen LogP contribution is 2.48. The van der Waals surface area contributed by atoms with Crippen molar-refractivity contribution in [3.8, 4) is 11.1 Å². The predicted octanol–water partition coefficient (Wildman–Crippen LogP) is 4.39. The summed E-state index contributed by atoms with van der Waals surface area (Å²) in [6, 6.07) is 15.3. The molecule has 1 nitrogen and oxygen atoms in total. The Morgan fingerprint density at radius 3 is 2.55 bits per heavy atom. The summed E-state index contributed by atoms with van der Waals surface area (Å²) in [5.41, 5.74) is 6.78. The van der Waals surface area contributed by atoms with Gasteiger partial charge in [0.25, 0.3) is 0 Å². The number of aliphatic hydroxyl groups is 1. The van der Waals surface area contributed by atoms with Gasteiger partial charge in [-0.05, 0) is 34.2 Å². The van der Waals surface area contributed by atoms with Crippen LogP contribution in [0.2, 0.25) is 0 Å². The molecule has 0 spiro atoms. The predicted molar refractivity (Wildman–Crippen MR) is 84.7 cm³/mol. The molecule has 0 saturated carbocycles. The molecule has 0 aliphatic heterocycles. The van der Waals surface area contributed by atoms with Crippen LogP contribution < -0.4 is 0 Å². The van der Waals surface area contributed by atoms with E-state index in [1.807, 2.05) is 6.08 Å². The molecular weight excluding hydrogens is 244 g/mol. The van der Waals surface area contributed by atoms with Gasteiger partial charge in [-0.15, -0.1) is 0 Å². The van der Waals surface area contributed by atoms with E-state index in [0.717, 1.165) is 0 Å². The van der Waals surface area contributed by atoms with Gasteiger partial charge in [0.15, 0.2) is 0 Å². The average molecular weight is 264 g/mol. The van der Waals surface area contributed by atoms with E-state index in [-0.39, 0.29) is 12.0 Å². The molecular formula is C19H20O. The molecule has 0 atom stereocenters. The van der Waals surface area contributed by atoms with Gasteiger partial charge in [0.2, 0.25) is 0 Å². The van der Waals surface area contributed by atoms with E-state index < -0.39 is 0 Å². The number of aliphatic hydroxyl groups excluding tert-OH is 1. The van der Waals surface area contributed by atoms with Crippen LogP contribution in [0.4, 0.5) is 0 Å². The maximum Gasteiger partial charge on any atom is 0.0465 e. The zero-order chi connectivity index (χ0) is 14.2. The van der Waals surface area contributed by atoms with Crippen molar-refractivity contribution in [2.75, 3.05) is 6.61 Å². The first-order valence-corrected chi connectivity index (χ1v) is 7.16. The lowest BCUT2D eigenvalue weighted by atomic mass is 9.82. The Hall–Kier alpha value is -1.86. The standard InChI is InChI=1S/C19H20O/c1-19(2)17-9-4-3-8-15(17)16-11-10-14(13-18(16)19)7-5-6-12-20/h3-5,7-11,13,20H,6,12H2,1-2H3. The monoisotopic (exact) mass is 264 g/mol. The molecule has 0 fully saturated rings. The summed E-state index contributed by atoms with van der Waals surface area (Å²) in [5.74, 6) is 0. The van der Waals surface area contributed by atoms with Gasteiger partial charge in [-0.25, -0.2) is 0 Å². The van der Waals surface area contributed by atoms with Crippen LogP contribution in [0.5, 0.6) is 0 Å². The molecule has 1 N–H and O–H groups in total. The van der Waals surface area contributed by atoms with Crippen molar-refractivity contribution in [3.05, 3.63) is 65.2 Å². The molecule has 0 bridgehead atoms. The Kier molecular flexibility index (Phi) is 3.23. The fraction of sp³-hybridized carbons (Fsp3) is 0.263. The van der Waals surface area contributed by atoms with Crippen LogP contribution in [-0.4, -0.2) is 11.7 Å². The van der Waals surface area contributed by atoms with Crippen LogP contribution in [0.25, 0.3) is 17.2 Å². The number of fused-ring (bicyclic) bond motifs is 3. The second-order valence-corrected chi connectivity index (χ2v) is 5.89. The van der Waals surface area contributed by atoms with Crippen LogP contribution in [0.1, 0.15) is 37.0 Å². The molecule has 2 aromatic rings. The molecule has 0 saturated heterocycles. The first-order valence-electron chi connectivity index (χ1n) is 7.16. The van der Waals surface area contributed by atoms with Gasteiger partial charge in [0.1, 0.15) is 0 Å². The summed E-state index contributed by atoms with van der Waals surface area (Å²) in [6.45, 7) is 4.79. The largest absolute Gasteiger partial charge is 0.396 e. The molecule has 0 aromatic heterocycles. The number of hydrogen-bond donors (Lipinski definition) is 1. The fourth-order valence-electron chi connectivity index (χ4n) is 3.12. The lowest BCUT2D eigenvalue weighted by Crippen LogP contribution is -2.14. The van der Waals surface area contributed by atoms with Crippen molar-refractivity contribution in [2.24, 2.45) is 0 Å². The lowest BCUT2D eigenvalue weighted by Gasteiger charge is -2.21. The van der Waals surface area contributed by atoms with Crippen molar-refractivity contribution in [3.63, 3.8) is 0 Å². The molecule has 1 aliphatic carbocycles. The number of hydrogen-bond acceptors (Lipinski definition) is 1. The fourth-order valence-corrected chi connectivity index (χ4v) is 3.12. The summed E-state index contributed by atoms with van der Waals surface area (Å²) in [5, 5.41) is 8.85. The highest BCUT2D eigenvalue weighted by molar-refractivity contribution is 5.81. The highest BCUT2D eigenvalue weighted by Gasteiger charge is 2.34. The van der Waals surface area contributed by atoms with Crippen molar-refractivity contribution in [2.45, 2.75) is 25.7 Å². The summed E-state index contributed by atoms with van der Waals surface area (Å²) in [4.78, 5) is 0. The third kappa shape index (κ3) is 1.99. The second-order valence-electron chi connectivity index (χ2n) is 5.89. The van der Waals surface area contributed by atoms with Crippen molar-refractivity contribution in [1.29, 1.82) is 0 Å². The molecule has 1 heteroatoms. The highest BCUT2D eigenvalue weighted by atomic mass is 16.2. The molecule has 0 amide bonds. The Labute approximate surface area is 120 Å². The Bertz CT molecular complexity index is 665. The molecule has 0 unspecified atom stereocenters. The van der Waals surface area contributed by atoms with Gasteiger partial charge >= 0.3 is 0 Å². The van der Waals surface area contributed by atoms with Crippen molar-refractivity contribution in [1.82, 2.24) is 0 Å². The van der Waals surface area contributed by atoms with Gasteiger partial charge in [-0.1, -0.05) is 68.5 Å². The van der Waals surface area contributed by atoms with E-state index in [2.05, 4.69) is 62.4 Å². The third-order valence-electron chi connectivity index (χ3n) is 4.21. The van der Waals surface area contributed by atoms with E-state index in [1.165, 1.54) is 27.8 Å². The van der Waals surface area contributed by atoms with Crippen LogP contribution in [0.3, 0.4) is 0 Å². The molecule has 1 aliphatic rings. The van der Waals surface area contributed by atoms with Crippen molar-refractivity contribution >= 4 is 6.08 Å². The van der Waals surface area contributed by atoms with E-state index in [4.69, 9.17) is 5.11 Å². The van der Waals surface area contributed by atoms with Gasteiger partial charge in [0, 0.05) is 12.0 Å². The average Bonchev–Trinajstić information content (AvgIpc) is 2.69. The van der Waals surface area contributed by atoms with Crippen LogP contribution in [0.15, 0.2) is 48.5 Å². The van der Waals surface area contributed by atoms with Crippen molar-refractivity contribution < 1.29 is 5.11 Å². The second kappa shape index (κ2) is 4.92. The molecule has 3 rings (SSSR count). The summed E-state index contributed by atoms with van der Waals surface area (Å²) < 4.78 is 0. The van der Waals surface area contributed by atoms with Gasteiger partial charge in [-0.2, -0.15) is 0 Å². The summed E-state index contributed by atoms with van der Waals surface area (Å²) in [6.07, 6.45) is 4.83. The minimum atomic E-state index is 0.0623. The minimum Gasteiger partial charge on any atom is -0.396 e. The van der Waals surface area contributed by atoms with E-state index in [0.29, 0.717) is 6.42 Å². The van der Waals surface area contributed by atoms with E-state index in [9.17, 15) is 0 Å². The first kappa shape index (κ1) is 13.1. The third-order valence-corrected chi connectivity index (χ3v) is 4.21. The summed E-state index contributed by atoms with van der Waals surface area (Å²) >= 11 is 0. The minimum absolute atomic E-state index is 0.0623. The number of benzene rings is 2. The molecule has 20 heavy (non-hydrogen) atoms. The van der Waals surface area contributed by atoms with Gasteiger partial charge in [0.05, 0.1) is 0 Å². The molecule has 102 valence electrons. The SMILES string of the molecule is CC1(C)c2ccccc2-c2ccc(C=CCCO)cc21. The Balaban J connectivity index is 2.08. The van der Waals surface area contributed by atoms with Gasteiger partial charge in [-0.3, -0.25) is 0 Å². The van der Waals surface area contributed by atoms with E-state index in [1.54, 1.807) is 0 Å². The van der Waals surface area contributed by atoms with Crippen LogP contribution >= 0.6 is 0 Å². The molecule has 0 radical (unpaired) electrons. The lowest BCUT2D eigenvalue weighted by molar-refractivity contribution is 0.303. The zero-order valence-corrected chi connectivity index (χ0v) is 12.1. The quantitative estimate of drug-likeness (QED) is 0.871. The maximum absolute atomic E-state index is 8.85. The Morgan fingerprint density at radius 2 is 1.75 bits per heavy atom. The van der Waals surface area contributed by atoms with E-state index >= 15 is 0 Å². The first-order chi connectivity index (χ1) is 9.64. The van der Waals surface area contributed by atoms with Crippen LogP contribution in [-0.2, 0) is 5.41 Å². The topological polar surface area (TPSA) is 20.2 Å².